The molecule has 1 aliphatic carbocycles. The minimum atomic E-state index is -0.370. The van der Waals surface area contributed by atoms with E-state index in [9.17, 15) is 4.79 Å². The number of anilines is 1. The summed E-state index contributed by atoms with van der Waals surface area (Å²) in [6.07, 6.45) is 0.835. The van der Waals surface area contributed by atoms with Gasteiger partial charge in [0.25, 0.3) is 0 Å². The van der Waals surface area contributed by atoms with Crippen LogP contribution in [0.5, 0.6) is 0 Å². The monoisotopic (exact) mass is 472 g/mol. The van der Waals surface area contributed by atoms with Gasteiger partial charge in [-0.2, -0.15) is 0 Å². The van der Waals surface area contributed by atoms with Gasteiger partial charge in [-0.25, -0.2) is 4.85 Å². The third-order valence-corrected chi connectivity index (χ3v) is 6.16. The van der Waals surface area contributed by atoms with Gasteiger partial charge in [0.15, 0.2) is 11.5 Å². The number of hydrogen-bond donors (Lipinski definition) is 1. The van der Waals surface area contributed by atoms with E-state index >= 15 is 0 Å². The van der Waals surface area contributed by atoms with Gasteiger partial charge in [0.2, 0.25) is 0 Å². The SMILES string of the molecule is [C-]#[N+]c1ccc2c3c([nH]c2c1)C(C)(C)c1cc(N(C[CH2-])C[CH2-])c(CC)cc1C3=O.[Y]. The number of H-pyrrole nitrogens is 1. The van der Waals surface area contributed by atoms with Gasteiger partial charge in [0.05, 0.1) is 12.1 Å². The molecule has 0 saturated carbocycles. The van der Waals surface area contributed by atoms with Gasteiger partial charge >= 0.3 is 0 Å². The van der Waals surface area contributed by atoms with Gasteiger partial charge in [0.1, 0.15) is 0 Å². The van der Waals surface area contributed by atoms with Crippen LogP contribution in [-0.4, -0.2) is 23.9 Å². The van der Waals surface area contributed by atoms with Crippen molar-refractivity contribution < 1.29 is 37.5 Å². The van der Waals surface area contributed by atoms with Crippen LogP contribution in [0, 0.1) is 20.4 Å². The molecular formula is C25H25N3OY-2. The molecule has 4 nitrogen and oxygen atoms in total. The Balaban J connectivity index is 0.00000256. The molecule has 0 saturated heterocycles. The molecule has 0 aliphatic heterocycles. The number of aryl methyl sites for hydroxylation is 1. The molecular weight excluding hydrogens is 447 g/mol. The van der Waals surface area contributed by atoms with Crippen LogP contribution in [0.3, 0.4) is 0 Å². The maximum Gasteiger partial charge on any atom is 0.195 e. The van der Waals surface area contributed by atoms with Crippen LogP contribution in [0.2, 0.25) is 0 Å². The smallest absolute Gasteiger partial charge is 0.195 e. The normalized spacial score (nSPS) is 13.9. The molecule has 0 bridgehead atoms. The molecule has 30 heavy (non-hydrogen) atoms. The zero-order valence-electron chi connectivity index (χ0n) is 17.8. The minimum absolute atomic E-state index is 0. The van der Waals surface area contributed by atoms with Crippen LogP contribution in [0.25, 0.3) is 15.7 Å². The Morgan fingerprint density at radius 1 is 1.17 bits per heavy atom. The number of aromatic nitrogens is 1. The molecule has 2 aromatic carbocycles. The van der Waals surface area contributed by atoms with Crippen LogP contribution < -0.4 is 4.90 Å². The molecule has 0 amide bonds. The fourth-order valence-electron chi connectivity index (χ4n) is 4.50. The number of hydrogen-bond acceptors (Lipinski definition) is 2. The number of benzene rings is 2. The van der Waals surface area contributed by atoms with Gasteiger partial charge < -0.3 is 23.7 Å². The summed E-state index contributed by atoms with van der Waals surface area (Å²) in [6.45, 7) is 23.0. The Morgan fingerprint density at radius 3 is 2.47 bits per heavy atom. The summed E-state index contributed by atoms with van der Waals surface area (Å²) < 4.78 is 0. The second-order valence-corrected chi connectivity index (χ2v) is 8.04. The standard InChI is InChI=1S/C25H25N3O.Y/c1-7-15-12-18-19(14-21(15)28(8-2)9-3)25(4,5)24-22(23(18)29)17-11-10-16(26-6)13-20(17)27-24;/h10-14,27H,2-3,7-9H2,1,4-5H3;/q-2;. The molecule has 5 heteroatoms. The molecule has 1 heterocycles. The molecule has 0 fully saturated rings. The van der Waals surface area contributed by atoms with Crippen molar-refractivity contribution in [2.24, 2.45) is 0 Å². The second-order valence-electron chi connectivity index (χ2n) is 8.04. The summed E-state index contributed by atoms with van der Waals surface area (Å²) in [7, 11) is 0. The van der Waals surface area contributed by atoms with E-state index in [1.807, 2.05) is 12.1 Å². The number of ketones is 1. The summed E-state index contributed by atoms with van der Waals surface area (Å²) in [5, 5.41) is 0.885. The number of nitrogens with zero attached hydrogens (tertiary/aromatic N) is 2. The number of aromatic amines is 1. The number of rotatable bonds is 4. The van der Waals surface area contributed by atoms with Gasteiger partial charge in [-0.15, -0.1) is 13.1 Å². The second kappa shape index (κ2) is 8.29. The van der Waals surface area contributed by atoms with E-state index in [2.05, 4.69) is 61.5 Å². The van der Waals surface area contributed by atoms with Crippen LogP contribution in [0.15, 0.2) is 30.3 Å². The first-order valence-corrected chi connectivity index (χ1v) is 9.96. The van der Waals surface area contributed by atoms with Gasteiger partial charge in [0, 0.05) is 66.0 Å². The van der Waals surface area contributed by atoms with Crippen LogP contribution in [-0.2, 0) is 44.5 Å². The summed E-state index contributed by atoms with van der Waals surface area (Å²) in [5.41, 5.74) is 6.71. The summed E-state index contributed by atoms with van der Waals surface area (Å²) in [4.78, 5) is 22.7. The molecule has 1 radical (unpaired) electrons. The van der Waals surface area contributed by atoms with E-state index in [4.69, 9.17) is 6.57 Å². The van der Waals surface area contributed by atoms with E-state index in [1.54, 1.807) is 6.07 Å². The van der Waals surface area contributed by atoms with Crippen molar-refractivity contribution in [2.45, 2.75) is 32.6 Å². The van der Waals surface area contributed by atoms with Gasteiger partial charge in [-0.1, -0.05) is 32.9 Å². The summed E-state index contributed by atoms with van der Waals surface area (Å²) in [5.74, 6) is 0.0492. The first-order chi connectivity index (χ1) is 13.9. The van der Waals surface area contributed by atoms with Crippen molar-refractivity contribution in [3.8, 4) is 0 Å². The topological polar surface area (TPSA) is 40.5 Å². The number of carbonyl (C=O) groups is 1. The third kappa shape index (κ3) is 3.24. The molecule has 1 aromatic heterocycles. The molecule has 4 rings (SSSR count). The van der Waals surface area contributed by atoms with Crippen molar-refractivity contribution in [1.82, 2.24) is 4.98 Å². The van der Waals surface area contributed by atoms with E-state index in [0.717, 1.165) is 51.0 Å². The zero-order chi connectivity index (χ0) is 20.9. The molecule has 151 valence electrons. The van der Waals surface area contributed by atoms with Gasteiger partial charge in [-0.3, -0.25) is 4.79 Å². The Bertz CT molecular complexity index is 1180. The van der Waals surface area contributed by atoms with Gasteiger partial charge in [-0.05, 0) is 35.7 Å². The Kier molecular flexibility index (Phi) is 6.28. The van der Waals surface area contributed by atoms with E-state index in [1.165, 1.54) is 0 Å². The molecule has 1 N–H and O–H groups in total. The maximum atomic E-state index is 13.6. The van der Waals surface area contributed by atoms with Crippen LogP contribution in [0.1, 0.15) is 53.5 Å². The predicted octanol–water partition coefficient (Wildman–Crippen LogP) is 5.62. The number of carbonyl (C=O) groups excluding carboxylic acids is 1. The Hall–Kier alpha value is -1.96. The third-order valence-electron chi connectivity index (χ3n) is 6.16. The van der Waals surface area contributed by atoms with Crippen molar-refractivity contribution in [3.63, 3.8) is 0 Å². The van der Waals surface area contributed by atoms with Crippen molar-refractivity contribution in [2.75, 3.05) is 18.0 Å². The quantitative estimate of drug-likeness (QED) is 0.501. The maximum absolute atomic E-state index is 13.6. The zero-order valence-corrected chi connectivity index (χ0v) is 20.6. The first kappa shape index (κ1) is 22.7. The summed E-state index contributed by atoms with van der Waals surface area (Å²) >= 11 is 0. The average molecular weight is 472 g/mol. The van der Waals surface area contributed by atoms with Crippen molar-refractivity contribution >= 4 is 28.1 Å². The minimum Gasteiger partial charge on any atom is -0.431 e. The molecule has 1 aliphatic rings. The molecule has 0 atom stereocenters. The Labute approximate surface area is 203 Å². The van der Waals surface area contributed by atoms with Crippen molar-refractivity contribution in [3.05, 3.63) is 83.5 Å². The van der Waals surface area contributed by atoms with Crippen molar-refractivity contribution in [1.29, 1.82) is 0 Å². The average Bonchev–Trinajstić information content (AvgIpc) is 3.12. The first-order valence-electron chi connectivity index (χ1n) is 9.96. The number of fused-ring (bicyclic) bond motifs is 4. The van der Waals surface area contributed by atoms with E-state index < -0.39 is 0 Å². The van der Waals surface area contributed by atoms with E-state index in [0.29, 0.717) is 18.8 Å². The summed E-state index contributed by atoms with van der Waals surface area (Å²) in [6, 6.07) is 9.70. The fraction of sp³-hybridized carbons (Fsp3) is 0.280. The fourth-order valence-corrected chi connectivity index (χ4v) is 4.50. The molecule has 3 aromatic rings. The predicted molar refractivity (Wildman–Crippen MR) is 119 cm³/mol. The largest absolute Gasteiger partial charge is 0.431 e. The van der Waals surface area contributed by atoms with E-state index in [-0.39, 0.29) is 43.9 Å². The van der Waals surface area contributed by atoms with Crippen LogP contribution in [0.4, 0.5) is 11.4 Å². The van der Waals surface area contributed by atoms with Crippen LogP contribution >= 0.6 is 0 Å². The Morgan fingerprint density at radius 2 is 1.87 bits per heavy atom. The number of nitrogens with one attached hydrogen (secondary N) is 1. The molecule has 0 spiro atoms. The molecule has 0 unspecified atom stereocenters.